The molecule has 0 spiro atoms. The summed E-state index contributed by atoms with van der Waals surface area (Å²) >= 11 is 0. The third kappa shape index (κ3) is 3.52. The number of carbonyl (C=O) groups excluding carboxylic acids is 1. The van der Waals surface area contributed by atoms with Crippen LogP contribution in [0.5, 0.6) is 0 Å². The van der Waals surface area contributed by atoms with E-state index in [2.05, 4.69) is 15.4 Å². The van der Waals surface area contributed by atoms with E-state index < -0.39 is 0 Å². The van der Waals surface area contributed by atoms with E-state index in [0.29, 0.717) is 17.9 Å². The van der Waals surface area contributed by atoms with Gasteiger partial charge in [-0.15, -0.1) is 0 Å². The van der Waals surface area contributed by atoms with Crippen LogP contribution in [-0.4, -0.2) is 36.1 Å². The summed E-state index contributed by atoms with van der Waals surface area (Å²) in [5, 5.41) is 14.6. The van der Waals surface area contributed by atoms with Gasteiger partial charge in [0.15, 0.2) is 11.5 Å². The molecule has 0 radical (unpaired) electrons. The molecule has 1 aromatic heterocycles. The highest BCUT2D eigenvalue weighted by Crippen LogP contribution is 2.13. The minimum Gasteiger partial charge on any atom is -0.380 e. The maximum atomic E-state index is 11.7. The Morgan fingerprint density at radius 1 is 1.65 bits per heavy atom. The Morgan fingerprint density at radius 2 is 2.35 bits per heavy atom. The minimum absolute atomic E-state index is 0.0774. The quantitative estimate of drug-likeness (QED) is 0.566. The smallest absolute Gasteiger partial charge is 0.273 e. The summed E-state index contributed by atoms with van der Waals surface area (Å²) in [5.41, 5.74) is 0.724. The van der Waals surface area contributed by atoms with Gasteiger partial charge in [0, 0.05) is 19.2 Å². The van der Waals surface area contributed by atoms with Crippen molar-refractivity contribution in [2.24, 2.45) is 0 Å². The van der Waals surface area contributed by atoms with E-state index in [1.165, 1.54) is 0 Å². The normalized spacial score (nSPS) is 12.5. The SMILES string of the molecule is COC(C)CNC(=O)c1noc(COO)c1C. The third-order valence-electron chi connectivity index (χ3n) is 2.38. The van der Waals surface area contributed by atoms with Crippen molar-refractivity contribution in [2.75, 3.05) is 13.7 Å². The van der Waals surface area contributed by atoms with E-state index in [0.717, 1.165) is 0 Å². The molecule has 0 saturated carbocycles. The van der Waals surface area contributed by atoms with Crippen molar-refractivity contribution in [3.05, 3.63) is 17.0 Å². The molecule has 0 aromatic carbocycles. The van der Waals surface area contributed by atoms with Gasteiger partial charge in [0.2, 0.25) is 0 Å². The van der Waals surface area contributed by atoms with Gasteiger partial charge in [-0.05, 0) is 13.8 Å². The van der Waals surface area contributed by atoms with E-state index in [9.17, 15) is 4.79 Å². The number of hydrogen-bond acceptors (Lipinski definition) is 6. The van der Waals surface area contributed by atoms with Gasteiger partial charge in [0.1, 0.15) is 6.61 Å². The highest BCUT2D eigenvalue weighted by atomic mass is 17.1. The fourth-order valence-corrected chi connectivity index (χ4v) is 1.18. The van der Waals surface area contributed by atoms with Crippen LogP contribution in [0.15, 0.2) is 4.52 Å². The Bertz CT molecular complexity index is 377. The van der Waals surface area contributed by atoms with Crippen molar-refractivity contribution in [1.29, 1.82) is 0 Å². The van der Waals surface area contributed by atoms with E-state index >= 15 is 0 Å². The first kappa shape index (κ1) is 13.6. The van der Waals surface area contributed by atoms with E-state index in [1.807, 2.05) is 6.92 Å². The van der Waals surface area contributed by atoms with Crippen molar-refractivity contribution in [2.45, 2.75) is 26.6 Å². The molecule has 0 aliphatic rings. The average molecular weight is 244 g/mol. The number of ether oxygens (including phenoxy) is 1. The first-order valence-electron chi connectivity index (χ1n) is 5.12. The molecule has 2 N–H and O–H groups in total. The van der Waals surface area contributed by atoms with Crippen molar-refractivity contribution < 1.29 is 24.2 Å². The monoisotopic (exact) mass is 244 g/mol. The van der Waals surface area contributed by atoms with Crippen molar-refractivity contribution in [1.82, 2.24) is 10.5 Å². The van der Waals surface area contributed by atoms with Crippen molar-refractivity contribution in [3.8, 4) is 0 Å². The van der Waals surface area contributed by atoms with Crippen LogP contribution in [0.25, 0.3) is 0 Å². The van der Waals surface area contributed by atoms with E-state index in [-0.39, 0.29) is 24.3 Å². The molecule has 1 rings (SSSR count). The summed E-state index contributed by atoms with van der Waals surface area (Å²) in [4.78, 5) is 15.6. The van der Waals surface area contributed by atoms with Crippen LogP contribution < -0.4 is 5.32 Å². The molecule has 1 atom stereocenters. The maximum absolute atomic E-state index is 11.7. The number of hydrogen-bond donors (Lipinski definition) is 2. The lowest BCUT2D eigenvalue weighted by Crippen LogP contribution is -2.32. The van der Waals surface area contributed by atoms with Gasteiger partial charge in [-0.25, -0.2) is 4.89 Å². The van der Waals surface area contributed by atoms with Gasteiger partial charge in [0.05, 0.1) is 6.10 Å². The minimum atomic E-state index is -0.348. The lowest BCUT2D eigenvalue weighted by molar-refractivity contribution is -0.256. The molecule has 0 saturated heterocycles. The second-order valence-electron chi connectivity index (χ2n) is 3.61. The summed E-state index contributed by atoms with van der Waals surface area (Å²) in [6.45, 7) is 3.74. The standard InChI is InChI=1S/C10H16N2O5/c1-6(15-3)4-11-10(13)9-7(2)8(5-16-14)17-12-9/h6,14H,4-5H2,1-3H3,(H,11,13). The van der Waals surface area contributed by atoms with Gasteiger partial charge >= 0.3 is 0 Å². The van der Waals surface area contributed by atoms with Gasteiger partial charge < -0.3 is 14.6 Å². The number of aromatic nitrogens is 1. The fraction of sp³-hybridized carbons (Fsp3) is 0.600. The first-order valence-corrected chi connectivity index (χ1v) is 5.12. The van der Waals surface area contributed by atoms with E-state index in [4.69, 9.17) is 14.5 Å². The predicted molar refractivity (Wildman–Crippen MR) is 57.5 cm³/mol. The fourth-order valence-electron chi connectivity index (χ4n) is 1.18. The Labute approximate surface area is 98.6 Å². The van der Waals surface area contributed by atoms with E-state index in [1.54, 1.807) is 14.0 Å². The molecule has 1 amide bonds. The molecule has 0 aliphatic carbocycles. The second-order valence-corrected chi connectivity index (χ2v) is 3.61. The maximum Gasteiger partial charge on any atom is 0.273 e. The number of carbonyl (C=O) groups is 1. The van der Waals surface area contributed by atoms with Crippen LogP contribution in [0.3, 0.4) is 0 Å². The molecular weight excluding hydrogens is 228 g/mol. The molecule has 1 unspecified atom stereocenters. The lowest BCUT2D eigenvalue weighted by Gasteiger charge is -2.09. The summed E-state index contributed by atoms with van der Waals surface area (Å²) in [5.74, 6) is -0.0308. The Balaban J connectivity index is 2.63. The Morgan fingerprint density at radius 3 is 2.94 bits per heavy atom. The first-order chi connectivity index (χ1) is 8.10. The number of methoxy groups -OCH3 is 1. The van der Waals surface area contributed by atoms with Crippen LogP contribution in [0.4, 0.5) is 0 Å². The summed E-state index contributed by atoms with van der Waals surface area (Å²) < 4.78 is 9.86. The zero-order valence-corrected chi connectivity index (χ0v) is 10.0. The number of nitrogens with one attached hydrogen (secondary N) is 1. The van der Waals surface area contributed by atoms with Gasteiger partial charge in [-0.3, -0.25) is 10.1 Å². The highest BCUT2D eigenvalue weighted by Gasteiger charge is 2.18. The van der Waals surface area contributed by atoms with Crippen molar-refractivity contribution >= 4 is 5.91 Å². The number of nitrogens with zero attached hydrogens (tertiary/aromatic N) is 1. The molecule has 7 nitrogen and oxygen atoms in total. The summed E-state index contributed by atoms with van der Waals surface area (Å²) in [7, 11) is 1.56. The molecule has 1 heterocycles. The zero-order chi connectivity index (χ0) is 12.8. The third-order valence-corrected chi connectivity index (χ3v) is 2.38. The van der Waals surface area contributed by atoms with Gasteiger partial charge in [-0.1, -0.05) is 5.16 Å². The molecule has 17 heavy (non-hydrogen) atoms. The predicted octanol–water partition coefficient (Wildman–Crippen LogP) is 0.737. The lowest BCUT2D eigenvalue weighted by atomic mass is 10.2. The zero-order valence-electron chi connectivity index (χ0n) is 10.0. The van der Waals surface area contributed by atoms with Crippen LogP contribution >= 0.6 is 0 Å². The molecule has 0 bridgehead atoms. The van der Waals surface area contributed by atoms with Crippen molar-refractivity contribution in [3.63, 3.8) is 0 Å². The average Bonchev–Trinajstić information content (AvgIpc) is 2.68. The number of rotatable bonds is 6. The molecule has 1 aromatic rings. The number of amides is 1. The molecule has 0 fully saturated rings. The molecule has 96 valence electrons. The largest absolute Gasteiger partial charge is 0.380 e. The second kappa shape index (κ2) is 6.33. The van der Waals surface area contributed by atoms with Gasteiger partial charge in [-0.2, -0.15) is 0 Å². The summed E-state index contributed by atoms with van der Waals surface area (Å²) in [6.07, 6.45) is -0.0774. The van der Waals surface area contributed by atoms with Crippen LogP contribution in [0.2, 0.25) is 0 Å². The molecular formula is C10H16N2O5. The topological polar surface area (TPSA) is 93.8 Å². The Kier molecular flexibility index (Phi) is 5.08. The summed E-state index contributed by atoms with van der Waals surface area (Å²) in [6, 6.07) is 0. The van der Waals surface area contributed by atoms with Gasteiger partial charge in [0.25, 0.3) is 5.91 Å². The van der Waals surface area contributed by atoms with Crippen LogP contribution in [-0.2, 0) is 16.2 Å². The molecule has 0 aliphatic heterocycles. The highest BCUT2D eigenvalue weighted by molar-refractivity contribution is 5.93. The van der Waals surface area contributed by atoms with Crippen LogP contribution in [0.1, 0.15) is 28.7 Å². The Hall–Kier alpha value is -1.44. The molecule has 7 heteroatoms. The van der Waals surface area contributed by atoms with Crippen LogP contribution in [0, 0.1) is 6.92 Å².